The second-order valence-corrected chi connectivity index (χ2v) is 7.75. The number of nitrogens with one attached hydrogen (secondary N) is 1. The average Bonchev–Trinajstić information content (AvgIpc) is 2.63. The van der Waals surface area contributed by atoms with Gasteiger partial charge in [0.05, 0.1) is 18.1 Å². The van der Waals surface area contributed by atoms with Crippen molar-refractivity contribution in [3.63, 3.8) is 0 Å². The Labute approximate surface area is 147 Å². The lowest BCUT2D eigenvalue weighted by atomic mass is 10.1. The molecule has 1 aliphatic heterocycles. The number of morpholine rings is 1. The van der Waals surface area contributed by atoms with Gasteiger partial charge in [0, 0.05) is 24.3 Å². The van der Waals surface area contributed by atoms with Crippen LogP contribution < -0.4 is 5.32 Å². The van der Waals surface area contributed by atoms with E-state index in [0.29, 0.717) is 37.6 Å². The predicted octanol–water partition coefficient (Wildman–Crippen LogP) is 2.27. The van der Waals surface area contributed by atoms with Crippen molar-refractivity contribution in [1.29, 1.82) is 0 Å². The zero-order valence-corrected chi connectivity index (χ0v) is 14.8. The Bertz CT molecular complexity index is 874. The number of hydrogen-bond donors (Lipinski definition) is 1. The van der Waals surface area contributed by atoms with Crippen LogP contribution in [0.2, 0.25) is 0 Å². The summed E-state index contributed by atoms with van der Waals surface area (Å²) in [4.78, 5) is 12.6. The van der Waals surface area contributed by atoms with Gasteiger partial charge < -0.3 is 10.1 Å². The van der Waals surface area contributed by atoms with Crippen LogP contribution in [-0.4, -0.2) is 44.9 Å². The Kier molecular flexibility index (Phi) is 5.17. The van der Waals surface area contributed by atoms with Crippen LogP contribution in [0.1, 0.15) is 15.9 Å². The second kappa shape index (κ2) is 7.35. The Hall–Kier alpha value is -2.22. The molecule has 2 aromatic carbocycles. The molecule has 132 valence electrons. The fourth-order valence-corrected chi connectivity index (χ4v) is 4.15. The van der Waals surface area contributed by atoms with Crippen LogP contribution in [0, 0.1) is 6.92 Å². The molecule has 2 aromatic rings. The third-order valence-corrected chi connectivity index (χ3v) is 5.98. The number of hydrogen-bond acceptors (Lipinski definition) is 4. The van der Waals surface area contributed by atoms with E-state index in [9.17, 15) is 13.2 Å². The minimum Gasteiger partial charge on any atom is -0.379 e. The van der Waals surface area contributed by atoms with Crippen molar-refractivity contribution in [1.82, 2.24) is 4.31 Å². The van der Waals surface area contributed by atoms with Crippen molar-refractivity contribution < 1.29 is 17.9 Å². The van der Waals surface area contributed by atoms with Gasteiger partial charge in [-0.2, -0.15) is 4.31 Å². The van der Waals surface area contributed by atoms with Crippen LogP contribution in [0.3, 0.4) is 0 Å². The molecule has 0 aromatic heterocycles. The maximum absolute atomic E-state index is 12.7. The van der Waals surface area contributed by atoms with Gasteiger partial charge in [0.1, 0.15) is 0 Å². The number of sulfonamides is 1. The smallest absolute Gasteiger partial charge is 0.255 e. The molecule has 1 fully saturated rings. The van der Waals surface area contributed by atoms with E-state index in [1.54, 1.807) is 24.3 Å². The molecule has 1 heterocycles. The molecule has 0 unspecified atom stereocenters. The summed E-state index contributed by atoms with van der Waals surface area (Å²) in [6.07, 6.45) is 0. The van der Waals surface area contributed by atoms with E-state index in [-0.39, 0.29) is 10.8 Å². The molecule has 0 aliphatic carbocycles. The third-order valence-electron chi connectivity index (χ3n) is 4.09. The number of carbonyl (C=O) groups is 1. The number of rotatable bonds is 4. The minimum atomic E-state index is -3.59. The van der Waals surface area contributed by atoms with Gasteiger partial charge in [0.15, 0.2) is 0 Å². The monoisotopic (exact) mass is 360 g/mol. The number of nitrogens with zero attached hydrogens (tertiary/aromatic N) is 1. The summed E-state index contributed by atoms with van der Waals surface area (Å²) in [6.45, 7) is 3.31. The van der Waals surface area contributed by atoms with Crippen LogP contribution >= 0.6 is 0 Å². The van der Waals surface area contributed by atoms with Crippen LogP contribution in [0.25, 0.3) is 0 Å². The molecule has 25 heavy (non-hydrogen) atoms. The topological polar surface area (TPSA) is 75.7 Å². The van der Waals surface area contributed by atoms with Gasteiger partial charge in [-0.05, 0) is 36.8 Å². The highest BCUT2D eigenvalue weighted by atomic mass is 32.2. The van der Waals surface area contributed by atoms with E-state index in [2.05, 4.69) is 5.32 Å². The highest BCUT2D eigenvalue weighted by molar-refractivity contribution is 7.89. The van der Waals surface area contributed by atoms with Crippen molar-refractivity contribution in [2.24, 2.45) is 0 Å². The van der Waals surface area contributed by atoms with E-state index >= 15 is 0 Å². The number of carbonyl (C=O) groups excluding carboxylic acids is 1. The molecule has 0 saturated carbocycles. The van der Waals surface area contributed by atoms with Crippen LogP contribution in [0.15, 0.2) is 53.4 Å². The summed E-state index contributed by atoms with van der Waals surface area (Å²) >= 11 is 0. The molecule has 3 rings (SSSR count). The molecule has 0 atom stereocenters. The molecule has 1 saturated heterocycles. The SMILES string of the molecule is Cc1ccccc1C(=O)Nc1cccc(S(=O)(=O)N2CCOCC2)c1. The summed E-state index contributed by atoms with van der Waals surface area (Å²) in [5, 5.41) is 2.77. The van der Waals surface area contributed by atoms with E-state index in [0.717, 1.165) is 5.56 Å². The summed E-state index contributed by atoms with van der Waals surface area (Å²) in [6, 6.07) is 13.6. The quantitative estimate of drug-likeness (QED) is 0.907. The van der Waals surface area contributed by atoms with E-state index in [1.165, 1.54) is 16.4 Å². The van der Waals surface area contributed by atoms with E-state index < -0.39 is 10.0 Å². The van der Waals surface area contributed by atoms with Gasteiger partial charge in [0.25, 0.3) is 5.91 Å². The maximum atomic E-state index is 12.7. The first-order valence-electron chi connectivity index (χ1n) is 8.03. The largest absolute Gasteiger partial charge is 0.379 e. The summed E-state index contributed by atoms with van der Waals surface area (Å²) < 4.78 is 32.0. The molecule has 1 N–H and O–H groups in total. The van der Waals surface area contributed by atoms with Crippen molar-refractivity contribution in [3.05, 3.63) is 59.7 Å². The predicted molar refractivity (Wildman–Crippen MR) is 95.2 cm³/mol. The minimum absolute atomic E-state index is 0.164. The molecule has 0 spiro atoms. The Morgan fingerprint density at radius 3 is 2.52 bits per heavy atom. The van der Waals surface area contributed by atoms with E-state index in [1.807, 2.05) is 19.1 Å². The maximum Gasteiger partial charge on any atom is 0.255 e. The van der Waals surface area contributed by atoms with Gasteiger partial charge in [-0.25, -0.2) is 8.42 Å². The Morgan fingerprint density at radius 2 is 1.80 bits per heavy atom. The third kappa shape index (κ3) is 3.89. The fraction of sp³-hybridized carbons (Fsp3) is 0.278. The summed E-state index contributed by atoms with van der Waals surface area (Å²) in [7, 11) is -3.59. The van der Waals surface area contributed by atoms with Crippen molar-refractivity contribution in [2.45, 2.75) is 11.8 Å². The number of ether oxygens (including phenoxy) is 1. The van der Waals surface area contributed by atoms with Crippen molar-refractivity contribution in [2.75, 3.05) is 31.6 Å². The normalized spacial score (nSPS) is 15.7. The molecule has 1 aliphatic rings. The van der Waals surface area contributed by atoms with Crippen LogP contribution in [-0.2, 0) is 14.8 Å². The first-order valence-corrected chi connectivity index (χ1v) is 9.47. The number of aryl methyl sites for hydroxylation is 1. The summed E-state index contributed by atoms with van der Waals surface area (Å²) in [5.74, 6) is -0.265. The number of amides is 1. The first kappa shape index (κ1) is 17.6. The Morgan fingerprint density at radius 1 is 1.08 bits per heavy atom. The van der Waals surface area contributed by atoms with Gasteiger partial charge in [-0.15, -0.1) is 0 Å². The zero-order chi connectivity index (χ0) is 17.9. The fourth-order valence-electron chi connectivity index (χ4n) is 2.70. The molecule has 7 heteroatoms. The molecule has 6 nitrogen and oxygen atoms in total. The van der Waals surface area contributed by atoms with Crippen LogP contribution in [0.4, 0.5) is 5.69 Å². The van der Waals surface area contributed by atoms with Gasteiger partial charge in [-0.1, -0.05) is 24.3 Å². The highest BCUT2D eigenvalue weighted by Crippen LogP contribution is 2.21. The first-order chi connectivity index (χ1) is 12.0. The van der Waals surface area contributed by atoms with Gasteiger partial charge in [0.2, 0.25) is 10.0 Å². The molecule has 1 amide bonds. The second-order valence-electron chi connectivity index (χ2n) is 5.81. The standard InChI is InChI=1S/C18H20N2O4S/c1-14-5-2-3-8-17(14)18(21)19-15-6-4-7-16(13-15)25(22,23)20-9-11-24-12-10-20/h2-8,13H,9-12H2,1H3,(H,19,21). The lowest BCUT2D eigenvalue weighted by Gasteiger charge is -2.26. The zero-order valence-electron chi connectivity index (χ0n) is 13.9. The molecule has 0 bridgehead atoms. The molecular weight excluding hydrogens is 340 g/mol. The van der Waals surface area contributed by atoms with Crippen molar-refractivity contribution >= 4 is 21.6 Å². The average molecular weight is 360 g/mol. The lowest BCUT2D eigenvalue weighted by molar-refractivity contribution is 0.0730. The van der Waals surface area contributed by atoms with Crippen molar-refractivity contribution in [3.8, 4) is 0 Å². The molecule has 0 radical (unpaired) electrons. The van der Waals surface area contributed by atoms with Gasteiger partial charge >= 0.3 is 0 Å². The number of anilines is 1. The van der Waals surface area contributed by atoms with Crippen LogP contribution in [0.5, 0.6) is 0 Å². The van der Waals surface area contributed by atoms with E-state index in [4.69, 9.17) is 4.74 Å². The Balaban J connectivity index is 1.82. The van der Waals surface area contributed by atoms with Gasteiger partial charge in [-0.3, -0.25) is 4.79 Å². The highest BCUT2D eigenvalue weighted by Gasteiger charge is 2.26. The lowest BCUT2D eigenvalue weighted by Crippen LogP contribution is -2.40. The number of benzene rings is 2. The summed E-state index contributed by atoms with van der Waals surface area (Å²) in [5.41, 5.74) is 1.86. The molecular formula is C18H20N2O4S.